The molecule has 1 aromatic rings. The second-order valence-corrected chi connectivity index (χ2v) is 8.57. The molecule has 3 atom stereocenters. The molecular formula is C23H21F3N4O. The van der Waals surface area contributed by atoms with Crippen LogP contribution in [0.4, 0.5) is 13.2 Å². The van der Waals surface area contributed by atoms with Gasteiger partial charge in [0.05, 0.1) is 5.56 Å². The molecule has 1 saturated heterocycles. The van der Waals surface area contributed by atoms with Crippen molar-refractivity contribution in [2.75, 3.05) is 13.1 Å². The molecule has 1 aromatic carbocycles. The summed E-state index contributed by atoms with van der Waals surface area (Å²) in [6.45, 7) is 2.98. The molecule has 0 radical (unpaired) electrons. The number of amides is 1. The minimum absolute atomic E-state index is 0.130. The third kappa shape index (κ3) is 3.64. The van der Waals surface area contributed by atoms with Gasteiger partial charge < -0.3 is 4.90 Å². The summed E-state index contributed by atoms with van der Waals surface area (Å²) in [6.07, 6.45) is -1.40. The highest BCUT2D eigenvalue weighted by Crippen LogP contribution is 2.49. The van der Waals surface area contributed by atoms with Crippen molar-refractivity contribution >= 4 is 5.91 Å². The van der Waals surface area contributed by atoms with Crippen LogP contribution in [0.2, 0.25) is 0 Å². The number of nitrogens with zero attached hydrogens (tertiary/aromatic N) is 4. The zero-order valence-electron chi connectivity index (χ0n) is 16.9. The summed E-state index contributed by atoms with van der Waals surface area (Å²) in [6, 6.07) is 9.54. The summed E-state index contributed by atoms with van der Waals surface area (Å²) < 4.78 is 40.2. The molecule has 160 valence electrons. The van der Waals surface area contributed by atoms with Gasteiger partial charge in [0, 0.05) is 19.3 Å². The Morgan fingerprint density at radius 3 is 2.48 bits per heavy atom. The van der Waals surface area contributed by atoms with Gasteiger partial charge in [0.15, 0.2) is 5.82 Å². The maximum atomic E-state index is 13.4. The van der Waals surface area contributed by atoms with Crippen LogP contribution < -0.4 is 0 Å². The van der Waals surface area contributed by atoms with Crippen LogP contribution in [-0.4, -0.2) is 38.8 Å². The molecule has 1 unspecified atom stereocenters. The molecule has 31 heavy (non-hydrogen) atoms. The quantitative estimate of drug-likeness (QED) is 0.602. The van der Waals surface area contributed by atoms with Crippen molar-refractivity contribution in [3.8, 4) is 11.5 Å². The van der Waals surface area contributed by atoms with Gasteiger partial charge in [-0.2, -0.15) is 13.2 Å². The molecular weight excluding hydrogens is 405 g/mol. The van der Waals surface area contributed by atoms with Crippen LogP contribution in [0, 0.1) is 18.8 Å². The van der Waals surface area contributed by atoms with E-state index in [-0.39, 0.29) is 29.5 Å². The molecule has 0 bridgehead atoms. The summed E-state index contributed by atoms with van der Waals surface area (Å²) in [7, 11) is 0. The van der Waals surface area contributed by atoms with Crippen LogP contribution in [0.3, 0.4) is 0 Å². The van der Waals surface area contributed by atoms with Crippen molar-refractivity contribution in [3.63, 3.8) is 0 Å². The van der Waals surface area contributed by atoms with E-state index < -0.39 is 11.7 Å². The average molecular weight is 426 g/mol. The van der Waals surface area contributed by atoms with Crippen LogP contribution in [0.15, 0.2) is 42.6 Å². The SMILES string of the molecule is Cc1ccnc2nc(C(=O)N3C[C@H]4CC(c5ccccc5C(F)(F)F)C[C@H]4C3)nc-2c1. The van der Waals surface area contributed by atoms with Gasteiger partial charge in [-0.25, -0.2) is 15.0 Å². The molecule has 1 aliphatic carbocycles. The minimum atomic E-state index is -4.35. The summed E-state index contributed by atoms with van der Waals surface area (Å²) in [5, 5.41) is 0. The monoisotopic (exact) mass is 426 g/mol. The summed E-state index contributed by atoms with van der Waals surface area (Å²) in [4.78, 5) is 27.6. The summed E-state index contributed by atoms with van der Waals surface area (Å²) >= 11 is 0. The number of aryl methyl sites for hydroxylation is 1. The zero-order valence-corrected chi connectivity index (χ0v) is 16.9. The number of benzene rings is 1. The maximum Gasteiger partial charge on any atom is 0.416 e. The van der Waals surface area contributed by atoms with Gasteiger partial charge in [0.1, 0.15) is 5.69 Å². The highest BCUT2D eigenvalue weighted by atomic mass is 19.4. The highest BCUT2D eigenvalue weighted by molar-refractivity contribution is 5.92. The van der Waals surface area contributed by atoms with Gasteiger partial charge >= 0.3 is 6.18 Å². The molecule has 0 aromatic heterocycles. The fourth-order valence-electron chi connectivity index (χ4n) is 5.10. The molecule has 5 rings (SSSR count). The first-order valence-corrected chi connectivity index (χ1v) is 10.4. The fourth-order valence-corrected chi connectivity index (χ4v) is 5.10. The van der Waals surface area contributed by atoms with Crippen LogP contribution >= 0.6 is 0 Å². The second kappa shape index (κ2) is 7.28. The molecule has 4 aliphatic rings. The Hall–Kier alpha value is -3.03. The molecule has 0 N–H and O–H groups in total. The number of hydrogen-bond donors (Lipinski definition) is 0. The second-order valence-electron chi connectivity index (χ2n) is 8.57. The first-order chi connectivity index (χ1) is 14.8. The van der Waals surface area contributed by atoms with Crippen LogP contribution in [0.1, 0.15) is 46.1 Å². The van der Waals surface area contributed by atoms with E-state index in [9.17, 15) is 18.0 Å². The Kier molecular flexibility index (Phi) is 4.68. The lowest BCUT2D eigenvalue weighted by Gasteiger charge is -2.21. The van der Waals surface area contributed by atoms with E-state index in [4.69, 9.17) is 0 Å². The van der Waals surface area contributed by atoms with Gasteiger partial charge in [-0.15, -0.1) is 0 Å². The topological polar surface area (TPSA) is 59.0 Å². The average Bonchev–Trinajstić information content (AvgIpc) is 3.38. The molecule has 3 aliphatic heterocycles. The predicted molar refractivity (Wildman–Crippen MR) is 107 cm³/mol. The molecule has 5 nitrogen and oxygen atoms in total. The Bertz CT molecular complexity index is 1100. The Balaban J connectivity index is 1.31. The lowest BCUT2D eigenvalue weighted by molar-refractivity contribution is -0.138. The number of aromatic nitrogens is 3. The van der Waals surface area contributed by atoms with Crippen molar-refractivity contribution in [1.82, 2.24) is 19.9 Å². The number of hydrogen-bond acceptors (Lipinski definition) is 4. The van der Waals surface area contributed by atoms with Gasteiger partial charge in [0.2, 0.25) is 5.82 Å². The number of alkyl halides is 3. The number of halogens is 3. The number of fused-ring (bicyclic) bond motifs is 2. The molecule has 1 amide bonds. The maximum absolute atomic E-state index is 13.4. The molecule has 1 saturated carbocycles. The van der Waals surface area contributed by atoms with Crippen molar-refractivity contribution in [2.45, 2.75) is 31.9 Å². The van der Waals surface area contributed by atoms with Crippen LogP contribution in [0.5, 0.6) is 0 Å². The smallest absolute Gasteiger partial charge is 0.335 e. The standard InChI is InChI=1S/C23H21F3N4O/c1-13-6-7-27-20-19(8-13)28-21(29-20)22(31)30-11-15-9-14(10-16(15)12-30)17-4-2-3-5-18(17)23(24,25)26/h2-8,14-16H,9-12H2,1H3/t14?,15-,16+. The number of carbonyl (C=O) groups is 1. The van der Waals surface area contributed by atoms with Crippen molar-refractivity contribution in [2.24, 2.45) is 11.8 Å². The van der Waals surface area contributed by atoms with E-state index >= 15 is 0 Å². The summed E-state index contributed by atoms with van der Waals surface area (Å²) in [5.41, 5.74) is 1.39. The number of likely N-dealkylation sites (tertiary alicyclic amines) is 1. The molecule has 8 heteroatoms. The third-order valence-electron chi connectivity index (χ3n) is 6.50. The Labute approximate surface area is 177 Å². The highest BCUT2D eigenvalue weighted by Gasteiger charge is 2.45. The first kappa shape index (κ1) is 19.9. The minimum Gasteiger partial charge on any atom is -0.335 e. The van der Waals surface area contributed by atoms with Crippen LogP contribution in [0.25, 0.3) is 11.5 Å². The summed E-state index contributed by atoms with van der Waals surface area (Å²) in [5.74, 6) is 0.581. The van der Waals surface area contributed by atoms with Crippen molar-refractivity contribution in [3.05, 3.63) is 65.1 Å². The first-order valence-electron chi connectivity index (χ1n) is 10.4. The van der Waals surface area contributed by atoms with E-state index in [1.807, 2.05) is 19.1 Å². The molecule has 2 fully saturated rings. The van der Waals surface area contributed by atoms with Gasteiger partial charge in [-0.05, 0) is 66.8 Å². The predicted octanol–water partition coefficient (Wildman–Crippen LogP) is 4.57. The van der Waals surface area contributed by atoms with E-state index in [2.05, 4.69) is 15.0 Å². The van der Waals surface area contributed by atoms with Crippen molar-refractivity contribution in [1.29, 1.82) is 0 Å². The third-order valence-corrected chi connectivity index (χ3v) is 6.50. The van der Waals surface area contributed by atoms with Crippen molar-refractivity contribution < 1.29 is 18.0 Å². The van der Waals surface area contributed by atoms with E-state index in [1.165, 1.54) is 6.07 Å². The zero-order chi connectivity index (χ0) is 21.8. The Morgan fingerprint density at radius 2 is 1.77 bits per heavy atom. The van der Waals surface area contributed by atoms with Gasteiger partial charge in [-0.1, -0.05) is 18.2 Å². The number of rotatable bonds is 2. The Morgan fingerprint density at radius 1 is 1.06 bits per heavy atom. The molecule has 0 spiro atoms. The van der Waals surface area contributed by atoms with Gasteiger partial charge in [0.25, 0.3) is 5.91 Å². The molecule has 3 heterocycles. The van der Waals surface area contributed by atoms with Gasteiger partial charge in [-0.3, -0.25) is 4.79 Å². The van der Waals surface area contributed by atoms with E-state index in [0.717, 1.165) is 11.6 Å². The van der Waals surface area contributed by atoms with Crippen LogP contribution in [-0.2, 0) is 6.18 Å². The lowest BCUT2D eigenvalue weighted by Crippen LogP contribution is -2.30. The lowest BCUT2D eigenvalue weighted by atomic mass is 9.91. The number of imidazole rings is 1. The van der Waals surface area contributed by atoms with E-state index in [1.54, 1.807) is 23.2 Å². The van der Waals surface area contributed by atoms with E-state index in [0.29, 0.717) is 43.0 Å². The fraction of sp³-hybridized carbons (Fsp3) is 0.391. The normalized spacial score (nSPS) is 23.4. The number of carbonyl (C=O) groups excluding carboxylic acids is 1. The largest absolute Gasteiger partial charge is 0.416 e.